The first-order valence-corrected chi connectivity index (χ1v) is 22.2. The number of ether oxygens (including phenoxy) is 1. The summed E-state index contributed by atoms with van der Waals surface area (Å²) in [5.41, 5.74) is 1.65. The van der Waals surface area contributed by atoms with Gasteiger partial charge in [0.1, 0.15) is 23.4 Å². The van der Waals surface area contributed by atoms with Gasteiger partial charge >= 0.3 is 0 Å². The van der Waals surface area contributed by atoms with E-state index in [1.54, 1.807) is 39.2 Å². The topological polar surface area (TPSA) is 190 Å². The zero-order valence-corrected chi connectivity index (χ0v) is 36.6. The Morgan fingerprint density at radius 1 is 0.985 bits per heavy atom. The van der Waals surface area contributed by atoms with Crippen molar-refractivity contribution in [3.05, 3.63) is 88.9 Å². The molecule has 3 aromatic heterocycles. The Bertz CT molecular complexity index is 2710. The molecule has 3 atom stereocenters. The van der Waals surface area contributed by atoms with Gasteiger partial charge in [0.25, 0.3) is 5.91 Å². The monoisotopic (exact) mass is 890 g/mol. The Balaban J connectivity index is 0.821. The van der Waals surface area contributed by atoms with E-state index in [9.17, 15) is 29.5 Å². The Morgan fingerprint density at radius 2 is 1.74 bits per heavy atom. The standard InChI is InChI=1S/C47H52F2N10O6/c1-47(2,64)36-20-39-29(17-40(36)52-45(62)41-10-8-32-16-27(21-50)22-51-59(32)41)24-58(54-39)31-6-4-30(5-7-31)56-14-15-57(34(25-56)26-65-3)46(63)28-12-13-55(23-28)33-18-37(48)43(38(49)19-33)35-9-11-42(60)53-44(35)61/h8,10,16-20,22,24,28,30-31,34-35,64H,4-7,9,11-15,23,25-26H2,1-3H3,(H,52,62)(H,53,60,61)/t28-,30?,31?,34-,35-/m1/s1. The van der Waals surface area contributed by atoms with Gasteiger partial charge < -0.3 is 25.0 Å². The summed E-state index contributed by atoms with van der Waals surface area (Å²) in [4.78, 5) is 57.8. The summed E-state index contributed by atoms with van der Waals surface area (Å²) < 4.78 is 39.8. The lowest BCUT2D eigenvalue weighted by Gasteiger charge is -2.46. The number of anilines is 2. The van der Waals surface area contributed by atoms with Gasteiger partial charge in [-0.15, -0.1) is 0 Å². The molecule has 4 amide bonds. The van der Waals surface area contributed by atoms with Gasteiger partial charge in [-0.25, -0.2) is 13.3 Å². The van der Waals surface area contributed by atoms with Crippen LogP contribution in [0.1, 0.15) is 97.9 Å². The summed E-state index contributed by atoms with van der Waals surface area (Å²) >= 11 is 0. The molecule has 65 heavy (non-hydrogen) atoms. The average molecular weight is 891 g/mol. The highest BCUT2D eigenvalue weighted by molar-refractivity contribution is 6.05. The number of imide groups is 1. The van der Waals surface area contributed by atoms with Crippen molar-refractivity contribution in [3.8, 4) is 6.07 Å². The van der Waals surface area contributed by atoms with Gasteiger partial charge in [-0.05, 0) is 94.8 Å². The molecule has 3 saturated heterocycles. The summed E-state index contributed by atoms with van der Waals surface area (Å²) in [5.74, 6) is -4.69. The first-order chi connectivity index (χ1) is 31.2. The van der Waals surface area contributed by atoms with E-state index in [2.05, 4.69) is 26.7 Å². The number of hydrogen-bond donors (Lipinski definition) is 3. The molecule has 0 radical (unpaired) electrons. The van der Waals surface area contributed by atoms with E-state index in [0.29, 0.717) is 85.3 Å². The lowest BCUT2D eigenvalue weighted by Crippen LogP contribution is -2.60. The van der Waals surface area contributed by atoms with Crippen LogP contribution in [0.15, 0.2) is 54.9 Å². The zero-order chi connectivity index (χ0) is 45.7. The lowest BCUT2D eigenvalue weighted by molar-refractivity contribution is -0.142. The molecule has 9 rings (SSSR count). The number of benzene rings is 2. The molecule has 4 fully saturated rings. The van der Waals surface area contributed by atoms with Crippen molar-refractivity contribution in [2.45, 2.75) is 88.4 Å². The third-order valence-corrected chi connectivity index (χ3v) is 13.7. The predicted molar refractivity (Wildman–Crippen MR) is 235 cm³/mol. The number of halogens is 2. The fourth-order valence-corrected chi connectivity index (χ4v) is 10.3. The molecule has 1 aliphatic carbocycles. The molecule has 340 valence electrons. The molecule has 18 heteroatoms. The van der Waals surface area contributed by atoms with Crippen LogP contribution in [0.25, 0.3) is 16.4 Å². The molecule has 4 aliphatic rings. The SMILES string of the molecule is COC[C@H]1CN(C2CCC(n3cc4cc(NC(=O)c5ccc6cc(C#N)cnn56)c(C(C)(C)O)cc4n3)CC2)CCN1C(=O)[C@@H]1CCN(c2cc(F)c([C@H]3CCC(=O)NC3=O)c(F)c2)C1. The van der Waals surface area contributed by atoms with Gasteiger partial charge in [0, 0.05) is 86.4 Å². The van der Waals surface area contributed by atoms with Crippen LogP contribution in [0.4, 0.5) is 20.2 Å². The van der Waals surface area contributed by atoms with E-state index in [-0.39, 0.29) is 48.0 Å². The molecular weight excluding hydrogens is 839 g/mol. The molecular formula is C47H52F2N10O6. The number of rotatable bonds is 10. The van der Waals surface area contributed by atoms with Gasteiger partial charge in [-0.3, -0.25) is 34.1 Å². The minimum absolute atomic E-state index is 0.00528. The van der Waals surface area contributed by atoms with Crippen molar-refractivity contribution >= 4 is 51.4 Å². The molecule has 1 saturated carbocycles. The van der Waals surface area contributed by atoms with Crippen LogP contribution in [0, 0.1) is 28.9 Å². The first-order valence-electron chi connectivity index (χ1n) is 22.2. The van der Waals surface area contributed by atoms with Gasteiger partial charge in [0.2, 0.25) is 17.7 Å². The fraction of sp³-hybridized carbons (Fsp3) is 0.468. The largest absolute Gasteiger partial charge is 0.386 e. The summed E-state index contributed by atoms with van der Waals surface area (Å²) in [5, 5.41) is 35.6. The molecule has 2 aromatic carbocycles. The maximum atomic E-state index is 15.4. The van der Waals surface area contributed by atoms with Crippen LogP contribution in [0.2, 0.25) is 0 Å². The maximum absolute atomic E-state index is 15.4. The van der Waals surface area contributed by atoms with E-state index >= 15 is 8.78 Å². The molecule has 5 aromatic rings. The van der Waals surface area contributed by atoms with Gasteiger partial charge in [-0.1, -0.05) is 0 Å². The van der Waals surface area contributed by atoms with Gasteiger partial charge in [0.15, 0.2) is 0 Å². The predicted octanol–water partition coefficient (Wildman–Crippen LogP) is 5.00. The van der Waals surface area contributed by atoms with Crippen LogP contribution >= 0.6 is 0 Å². The smallest absolute Gasteiger partial charge is 0.274 e. The minimum Gasteiger partial charge on any atom is -0.386 e. The van der Waals surface area contributed by atoms with Crippen LogP contribution in [-0.4, -0.2) is 116 Å². The Morgan fingerprint density at radius 3 is 2.45 bits per heavy atom. The normalized spacial score (nSPS) is 23.2. The summed E-state index contributed by atoms with van der Waals surface area (Å²) in [6.07, 6.45) is 7.65. The Kier molecular flexibility index (Phi) is 11.9. The van der Waals surface area contributed by atoms with Crippen LogP contribution in [-0.2, 0) is 24.7 Å². The lowest BCUT2D eigenvalue weighted by atomic mass is 9.89. The molecule has 0 bridgehead atoms. The van der Waals surface area contributed by atoms with Crippen molar-refractivity contribution in [2.75, 3.05) is 56.7 Å². The number of aliphatic hydroxyl groups is 1. The number of carbonyl (C=O) groups is 4. The third kappa shape index (κ3) is 8.67. The van der Waals surface area contributed by atoms with E-state index in [1.165, 1.54) is 22.8 Å². The quantitative estimate of drug-likeness (QED) is 0.160. The number of methoxy groups -OCH3 is 1. The van der Waals surface area contributed by atoms with Crippen molar-refractivity contribution in [1.29, 1.82) is 5.26 Å². The number of aromatic nitrogens is 4. The van der Waals surface area contributed by atoms with Crippen LogP contribution < -0.4 is 15.5 Å². The number of fused-ring (bicyclic) bond motifs is 2. The molecule has 3 aliphatic heterocycles. The van der Waals surface area contributed by atoms with Crippen molar-refractivity contribution in [3.63, 3.8) is 0 Å². The third-order valence-electron chi connectivity index (χ3n) is 13.7. The second-order valence-electron chi connectivity index (χ2n) is 18.3. The Hall–Kier alpha value is -6.29. The number of carbonyl (C=O) groups excluding carboxylic acids is 4. The number of nitrogens with one attached hydrogen (secondary N) is 2. The number of nitrogens with zero attached hydrogens (tertiary/aromatic N) is 8. The highest BCUT2D eigenvalue weighted by Gasteiger charge is 2.40. The number of piperazine rings is 1. The van der Waals surface area contributed by atoms with E-state index in [1.807, 2.05) is 32.8 Å². The van der Waals surface area contributed by atoms with Crippen LogP contribution in [0.3, 0.4) is 0 Å². The van der Waals surface area contributed by atoms with E-state index in [4.69, 9.17) is 9.84 Å². The van der Waals surface area contributed by atoms with E-state index in [0.717, 1.165) is 31.1 Å². The molecule has 3 N–H and O–H groups in total. The summed E-state index contributed by atoms with van der Waals surface area (Å²) in [6.45, 7) is 6.39. The number of amides is 4. The number of nitriles is 1. The van der Waals surface area contributed by atoms with Gasteiger partial charge in [0.05, 0.1) is 58.9 Å². The second kappa shape index (κ2) is 17.6. The molecule has 16 nitrogen and oxygen atoms in total. The Labute approximate surface area is 374 Å². The highest BCUT2D eigenvalue weighted by atomic mass is 19.1. The summed E-state index contributed by atoms with van der Waals surface area (Å²) in [7, 11) is 1.63. The van der Waals surface area contributed by atoms with Crippen LogP contribution in [0.5, 0.6) is 0 Å². The van der Waals surface area contributed by atoms with Crippen molar-refractivity contribution in [1.82, 2.24) is 34.5 Å². The van der Waals surface area contributed by atoms with E-state index < -0.39 is 40.9 Å². The first kappa shape index (κ1) is 43.9. The number of hydrogen-bond acceptors (Lipinski definition) is 11. The fourth-order valence-electron chi connectivity index (χ4n) is 10.3. The highest BCUT2D eigenvalue weighted by Crippen LogP contribution is 2.38. The summed E-state index contributed by atoms with van der Waals surface area (Å²) in [6, 6.07) is 13.5. The molecule has 0 spiro atoms. The minimum atomic E-state index is -1.29. The molecule has 6 heterocycles. The number of piperidine rings is 1. The zero-order valence-electron chi connectivity index (χ0n) is 36.6. The second-order valence-corrected chi connectivity index (χ2v) is 18.3. The molecule has 0 unspecified atom stereocenters. The maximum Gasteiger partial charge on any atom is 0.274 e. The van der Waals surface area contributed by atoms with Crippen molar-refractivity contribution < 1.29 is 37.8 Å². The van der Waals surface area contributed by atoms with Gasteiger partial charge in [-0.2, -0.15) is 15.5 Å². The van der Waals surface area contributed by atoms with Crippen molar-refractivity contribution in [2.24, 2.45) is 5.92 Å². The average Bonchev–Trinajstić information content (AvgIpc) is 4.05.